The molecule has 21 heavy (non-hydrogen) atoms. The molecular weight excluding hydrogens is 328 g/mol. The summed E-state index contributed by atoms with van der Waals surface area (Å²) in [6.07, 6.45) is 6.63. The van der Waals surface area contributed by atoms with Gasteiger partial charge in [-0.05, 0) is 50.7 Å². The summed E-state index contributed by atoms with van der Waals surface area (Å²) in [5.74, 6) is 1.05. The van der Waals surface area contributed by atoms with Gasteiger partial charge in [-0.2, -0.15) is 0 Å². The Morgan fingerprint density at radius 3 is 2.81 bits per heavy atom. The molecule has 1 atom stereocenters. The van der Waals surface area contributed by atoms with Crippen LogP contribution in [0, 0.1) is 0 Å². The smallest absolute Gasteiger partial charge is 0.123 e. The van der Waals surface area contributed by atoms with Gasteiger partial charge >= 0.3 is 0 Å². The van der Waals surface area contributed by atoms with Gasteiger partial charge in [-0.3, -0.25) is 0 Å². The van der Waals surface area contributed by atoms with E-state index < -0.39 is 0 Å². The minimum atomic E-state index is 0.273. The van der Waals surface area contributed by atoms with Gasteiger partial charge in [0.05, 0.1) is 0 Å². The van der Waals surface area contributed by atoms with Gasteiger partial charge in [-0.1, -0.05) is 28.8 Å². The van der Waals surface area contributed by atoms with E-state index in [2.05, 4.69) is 52.4 Å². The van der Waals surface area contributed by atoms with Crippen LogP contribution in [0.25, 0.3) is 0 Å². The van der Waals surface area contributed by atoms with E-state index in [9.17, 15) is 0 Å². The molecule has 1 heterocycles. The molecule has 1 unspecified atom stereocenters. The second-order valence-corrected chi connectivity index (χ2v) is 7.57. The molecule has 0 radical (unpaired) electrons. The van der Waals surface area contributed by atoms with Gasteiger partial charge in [0, 0.05) is 29.5 Å². The summed E-state index contributed by atoms with van der Waals surface area (Å²) in [5.41, 5.74) is 1.67. The number of fused-ring (bicyclic) bond motifs is 1. The summed E-state index contributed by atoms with van der Waals surface area (Å²) in [5, 5.41) is 3.66. The quantitative estimate of drug-likeness (QED) is 0.880. The summed E-state index contributed by atoms with van der Waals surface area (Å²) in [6, 6.07) is 6.29. The zero-order valence-corrected chi connectivity index (χ0v) is 14.6. The average molecular weight is 353 g/mol. The fraction of sp³-hybridized carbons (Fsp3) is 0.647. The lowest BCUT2D eigenvalue weighted by Crippen LogP contribution is -2.51. The van der Waals surface area contributed by atoms with Crippen LogP contribution >= 0.6 is 15.9 Å². The largest absolute Gasteiger partial charge is 0.488 e. The normalized spacial score (nSPS) is 23.3. The molecule has 3 rings (SSSR count). The van der Waals surface area contributed by atoms with E-state index in [4.69, 9.17) is 4.74 Å². The molecule has 1 aliphatic carbocycles. The predicted octanol–water partition coefficient (Wildman–Crippen LogP) is 3.22. The fourth-order valence-corrected chi connectivity index (χ4v) is 4.09. The van der Waals surface area contributed by atoms with Crippen molar-refractivity contribution >= 4 is 15.9 Å². The third-order valence-electron chi connectivity index (χ3n) is 5.07. The van der Waals surface area contributed by atoms with Crippen molar-refractivity contribution in [2.24, 2.45) is 0 Å². The Bertz CT molecular complexity index is 498. The monoisotopic (exact) mass is 352 g/mol. The van der Waals surface area contributed by atoms with E-state index in [-0.39, 0.29) is 6.10 Å². The van der Waals surface area contributed by atoms with E-state index in [1.165, 1.54) is 31.2 Å². The van der Waals surface area contributed by atoms with E-state index >= 15 is 0 Å². The second kappa shape index (κ2) is 6.27. The van der Waals surface area contributed by atoms with Crippen LogP contribution in [0.15, 0.2) is 22.7 Å². The molecule has 1 aromatic carbocycles. The molecule has 1 aliphatic heterocycles. The number of rotatable bonds is 5. The molecule has 0 saturated heterocycles. The van der Waals surface area contributed by atoms with E-state index in [0.717, 1.165) is 29.7 Å². The van der Waals surface area contributed by atoms with Crippen LogP contribution in [0.4, 0.5) is 0 Å². The van der Waals surface area contributed by atoms with Gasteiger partial charge in [-0.25, -0.2) is 0 Å². The highest BCUT2D eigenvalue weighted by Crippen LogP contribution is 2.34. The highest BCUT2D eigenvalue weighted by atomic mass is 79.9. The lowest BCUT2D eigenvalue weighted by atomic mass is 9.96. The maximum atomic E-state index is 6.02. The number of nitrogens with one attached hydrogen (secondary N) is 1. The molecule has 0 spiro atoms. The topological polar surface area (TPSA) is 24.5 Å². The summed E-state index contributed by atoms with van der Waals surface area (Å²) in [4.78, 5) is 2.41. The van der Waals surface area contributed by atoms with Crippen LogP contribution in [0.5, 0.6) is 5.75 Å². The zero-order valence-electron chi connectivity index (χ0n) is 13.0. The predicted molar refractivity (Wildman–Crippen MR) is 90.0 cm³/mol. The van der Waals surface area contributed by atoms with Crippen LogP contribution in [0.1, 0.15) is 31.2 Å². The molecule has 2 aliphatic rings. The van der Waals surface area contributed by atoms with Gasteiger partial charge in [0.25, 0.3) is 0 Å². The molecule has 0 amide bonds. The molecule has 3 nitrogen and oxygen atoms in total. The van der Waals surface area contributed by atoms with Crippen molar-refractivity contribution in [3.05, 3.63) is 28.2 Å². The minimum absolute atomic E-state index is 0.273. The molecule has 1 fully saturated rings. The van der Waals surface area contributed by atoms with Gasteiger partial charge in [0.15, 0.2) is 0 Å². The van der Waals surface area contributed by atoms with Crippen LogP contribution in [-0.2, 0) is 6.42 Å². The number of hydrogen-bond acceptors (Lipinski definition) is 3. The lowest BCUT2D eigenvalue weighted by Gasteiger charge is -2.37. The number of benzene rings is 1. The van der Waals surface area contributed by atoms with Crippen molar-refractivity contribution in [2.75, 3.05) is 27.2 Å². The van der Waals surface area contributed by atoms with Crippen molar-refractivity contribution in [3.8, 4) is 5.75 Å². The van der Waals surface area contributed by atoms with Crippen molar-refractivity contribution in [1.82, 2.24) is 10.2 Å². The molecule has 1 aromatic rings. The minimum Gasteiger partial charge on any atom is -0.488 e. The molecule has 0 bridgehead atoms. The molecule has 116 valence electrons. The van der Waals surface area contributed by atoms with Crippen LogP contribution in [0.2, 0.25) is 0 Å². The number of nitrogens with zero attached hydrogens (tertiary/aromatic N) is 1. The van der Waals surface area contributed by atoms with Crippen molar-refractivity contribution in [1.29, 1.82) is 0 Å². The Morgan fingerprint density at radius 1 is 1.33 bits per heavy atom. The SMILES string of the molecule is CN(C)C1(CNCC2Cc3cc(Br)ccc3O2)CCCC1. The summed E-state index contributed by atoms with van der Waals surface area (Å²) < 4.78 is 7.16. The van der Waals surface area contributed by atoms with Crippen molar-refractivity contribution in [3.63, 3.8) is 0 Å². The maximum Gasteiger partial charge on any atom is 0.123 e. The highest BCUT2D eigenvalue weighted by Gasteiger charge is 2.35. The Morgan fingerprint density at radius 2 is 2.10 bits per heavy atom. The average Bonchev–Trinajstić information content (AvgIpc) is 3.05. The molecule has 0 aromatic heterocycles. The van der Waals surface area contributed by atoms with Crippen molar-refractivity contribution < 1.29 is 4.74 Å². The van der Waals surface area contributed by atoms with Crippen molar-refractivity contribution in [2.45, 2.75) is 43.7 Å². The van der Waals surface area contributed by atoms with Gasteiger partial charge in [0.2, 0.25) is 0 Å². The number of likely N-dealkylation sites (N-methyl/N-ethyl adjacent to an activating group) is 1. The van der Waals surface area contributed by atoms with E-state index in [0.29, 0.717) is 5.54 Å². The van der Waals surface area contributed by atoms with E-state index in [1.54, 1.807) is 0 Å². The van der Waals surface area contributed by atoms with Crippen LogP contribution in [0.3, 0.4) is 0 Å². The standard InChI is InChI=1S/C17H25BrN2O/c1-20(2)17(7-3-4-8-17)12-19-11-15-10-13-9-14(18)5-6-16(13)21-15/h5-6,9,15,19H,3-4,7-8,10-12H2,1-2H3. The fourth-order valence-electron chi connectivity index (χ4n) is 3.68. The lowest BCUT2D eigenvalue weighted by molar-refractivity contribution is 0.145. The van der Waals surface area contributed by atoms with Crippen LogP contribution < -0.4 is 10.1 Å². The first-order valence-electron chi connectivity index (χ1n) is 7.92. The zero-order chi connectivity index (χ0) is 14.9. The highest BCUT2D eigenvalue weighted by molar-refractivity contribution is 9.10. The molecular formula is C17H25BrN2O. The number of halogens is 1. The molecule has 1 saturated carbocycles. The van der Waals surface area contributed by atoms with Crippen LogP contribution in [-0.4, -0.2) is 43.7 Å². The first-order chi connectivity index (χ1) is 10.1. The van der Waals surface area contributed by atoms with Gasteiger partial charge in [-0.15, -0.1) is 0 Å². The summed E-state index contributed by atoms with van der Waals surface area (Å²) in [7, 11) is 4.43. The Hall–Kier alpha value is -0.580. The Labute approximate surface area is 136 Å². The summed E-state index contributed by atoms with van der Waals surface area (Å²) in [6.45, 7) is 2.00. The Balaban J connectivity index is 1.51. The maximum absolute atomic E-state index is 6.02. The summed E-state index contributed by atoms with van der Waals surface area (Å²) >= 11 is 3.53. The first-order valence-corrected chi connectivity index (χ1v) is 8.72. The van der Waals surface area contributed by atoms with Gasteiger partial charge < -0.3 is 15.0 Å². The first kappa shape index (κ1) is 15.3. The second-order valence-electron chi connectivity index (χ2n) is 6.65. The Kier molecular flexibility index (Phi) is 4.57. The van der Waals surface area contributed by atoms with E-state index in [1.807, 2.05) is 6.07 Å². The number of ether oxygens (including phenoxy) is 1. The third-order valence-corrected chi connectivity index (χ3v) is 5.57. The molecule has 1 N–H and O–H groups in total. The molecule has 4 heteroatoms. The number of hydrogen-bond donors (Lipinski definition) is 1. The third kappa shape index (κ3) is 3.27. The van der Waals surface area contributed by atoms with Gasteiger partial charge in [0.1, 0.15) is 11.9 Å².